The first-order valence-electron chi connectivity index (χ1n) is 7.71. The summed E-state index contributed by atoms with van der Waals surface area (Å²) in [6.07, 6.45) is 2.09. The molecule has 0 aliphatic carbocycles. The molecule has 0 bridgehead atoms. The molecule has 1 aliphatic rings. The molecule has 23 heavy (non-hydrogen) atoms. The molecule has 1 saturated heterocycles. The van der Waals surface area contributed by atoms with Gasteiger partial charge in [-0.15, -0.1) is 0 Å². The Morgan fingerprint density at radius 3 is 2.83 bits per heavy atom. The highest BCUT2D eigenvalue weighted by Crippen LogP contribution is 2.32. The average molecular weight is 355 g/mol. The summed E-state index contributed by atoms with van der Waals surface area (Å²) in [5, 5.41) is 0.948. The van der Waals surface area contributed by atoms with Gasteiger partial charge < -0.3 is 9.64 Å². The first kappa shape index (κ1) is 16.5. The van der Waals surface area contributed by atoms with Gasteiger partial charge >= 0.3 is 0 Å². The molecule has 1 aromatic heterocycles. The lowest BCUT2D eigenvalue weighted by atomic mass is 10.3. The number of anilines is 1. The minimum Gasteiger partial charge on any atom is -0.494 e. The van der Waals surface area contributed by atoms with Crippen LogP contribution in [0.1, 0.15) is 13.3 Å². The fraction of sp³-hybridized carbons (Fsp3) is 0.533. The number of sulfonamides is 1. The van der Waals surface area contributed by atoms with Crippen LogP contribution in [0.2, 0.25) is 0 Å². The van der Waals surface area contributed by atoms with Gasteiger partial charge in [-0.2, -0.15) is 0 Å². The van der Waals surface area contributed by atoms with Gasteiger partial charge in [0.1, 0.15) is 5.75 Å². The molecule has 0 radical (unpaired) electrons. The molecule has 2 heterocycles. The van der Waals surface area contributed by atoms with E-state index in [4.69, 9.17) is 4.74 Å². The Bertz CT molecular complexity index is 788. The van der Waals surface area contributed by atoms with Crippen molar-refractivity contribution in [3.05, 3.63) is 18.2 Å². The number of thiazole rings is 1. The van der Waals surface area contributed by atoms with Crippen molar-refractivity contribution in [1.82, 2.24) is 9.29 Å². The summed E-state index contributed by atoms with van der Waals surface area (Å²) in [5.74, 6) is 0.856. The largest absolute Gasteiger partial charge is 0.494 e. The zero-order valence-electron chi connectivity index (χ0n) is 13.4. The van der Waals surface area contributed by atoms with Crippen molar-refractivity contribution in [3.63, 3.8) is 0 Å². The molecule has 1 aliphatic heterocycles. The van der Waals surface area contributed by atoms with Crippen LogP contribution in [-0.4, -0.2) is 56.7 Å². The highest BCUT2D eigenvalue weighted by atomic mass is 32.2. The van der Waals surface area contributed by atoms with Crippen molar-refractivity contribution in [1.29, 1.82) is 0 Å². The van der Waals surface area contributed by atoms with Crippen LogP contribution >= 0.6 is 11.3 Å². The number of ether oxygens (including phenoxy) is 1. The van der Waals surface area contributed by atoms with E-state index >= 15 is 0 Å². The quantitative estimate of drug-likeness (QED) is 0.841. The number of rotatable bonds is 4. The molecule has 3 rings (SSSR count). The van der Waals surface area contributed by atoms with E-state index in [1.165, 1.54) is 6.26 Å². The van der Waals surface area contributed by atoms with Crippen LogP contribution in [0.5, 0.6) is 5.75 Å². The Balaban J connectivity index is 1.80. The van der Waals surface area contributed by atoms with Crippen molar-refractivity contribution >= 4 is 36.7 Å². The second-order valence-electron chi connectivity index (χ2n) is 5.56. The van der Waals surface area contributed by atoms with Gasteiger partial charge in [0.2, 0.25) is 10.0 Å². The minimum absolute atomic E-state index is 0.513. The second kappa shape index (κ2) is 6.62. The second-order valence-corrected chi connectivity index (χ2v) is 8.55. The summed E-state index contributed by atoms with van der Waals surface area (Å²) in [5.41, 5.74) is 0.956. The Hall–Kier alpha value is -1.38. The van der Waals surface area contributed by atoms with Gasteiger partial charge in [0, 0.05) is 26.2 Å². The fourth-order valence-electron chi connectivity index (χ4n) is 2.70. The lowest BCUT2D eigenvalue weighted by Gasteiger charge is -2.19. The number of hydrogen-bond acceptors (Lipinski definition) is 6. The Morgan fingerprint density at radius 2 is 2.09 bits per heavy atom. The number of fused-ring (bicyclic) bond motifs is 1. The van der Waals surface area contributed by atoms with Crippen molar-refractivity contribution in [3.8, 4) is 5.75 Å². The monoisotopic (exact) mass is 355 g/mol. The van der Waals surface area contributed by atoms with Gasteiger partial charge in [0.25, 0.3) is 0 Å². The van der Waals surface area contributed by atoms with Gasteiger partial charge in [0.15, 0.2) is 5.13 Å². The lowest BCUT2D eigenvalue weighted by Crippen LogP contribution is -2.34. The Kier molecular flexibility index (Phi) is 4.74. The zero-order chi connectivity index (χ0) is 16.4. The highest BCUT2D eigenvalue weighted by molar-refractivity contribution is 7.88. The number of benzene rings is 1. The molecule has 6 nitrogen and oxygen atoms in total. The maximum Gasteiger partial charge on any atom is 0.211 e. The predicted octanol–water partition coefficient (Wildman–Crippen LogP) is 2.17. The smallest absolute Gasteiger partial charge is 0.211 e. The molecule has 0 saturated carbocycles. The third-order valence-corrected chi connectivity index (χ3v) is 6.24. The summed E-state index contributed by atoms with van der Waals surface area (Å²) in [7, 11) is -3.12. The van der Waals surface area contributed by atoms with E-state index in [1.807, 2.05) is 25.1 Å². The van der Waals surface area contributed by atoms with Crippen LogP contribution in [0.25, 0.3) is 10.2 Å². The molecule has 0 N–H and O–H groups in total. The number of aromatic nitrogens is 1. The van der Waals surface area contributed by atoms with Gasteiger partial charge in [-0.05, 0) is 31.5 Å². The first-order chi connectivity index (χ1) is 11.0. The third kappa shape index (κ3) is 3.76. The van der Waals surface area contributed by atoms with Crippen LogP contribution in [0.15, 0.2) is 18.2 Å². The lowest BCUT2D eigenvalue weighted by molar-refractivity contribution is 0.341. The number of hydrogen-bond donors (Lipinski definition) is 0. The molecular formula is C15H21N3O3S2. The van der Waals surface area contributed by atoms with Crippen molar-refractivity contribution in [2.45, 2.75) is 13.3 Å². The fourth-order valence-corrected chi connectivity index (χ4v) is 4.62. The van der Waals surface area contributed by atoms with E-state index in [0.29, 0.717) is 26.2 Å². The molecule has 1 aromatic carbocycles. The molecular weight excluding hydrogens is 334 g/mol. The Labute approximate surface area is 140 Å². The molecule has 8 heteroatoms. The summed E-state index contributed by atoms with van der Waals surface area (Å²) in [4.78, 5) is 6.86. The van der Waals surface area contributed by atoms with Gasteiger partial charge in [0.05, 0.1) is 23.1 Å². The molecule has 0 amide bonds. The van der Waals surface area contributed by atoms with Crippen molar-refractivity contribution in [2.24, 2.45) is 0 Å². The predicted molar refractivity (Wildman–Crippen MR) is 94.0 cm³/mol. The molecule has 0 unspecified atom stereocenters. The van der Waals surface area contributed by atoms with E-state index in [0.717, 1.165) is 34.1 Å². The molecule has 1 fully saturated rings. The minimum atomic E-state index is -3.12. The van der Waals surface area contributed by atoms with E-state index in [-0.39, 0.29) is 0 Å². The first-order valence-corrected chi connectivity index (χ1v) is 10.4. The summed E-state index contributed by atoms with van der Waals surface area (Å²) in [6, 6.07) is 5.92. The summed E-state index contributed by atoms with van der Waals surface area (Å²) in [6.45, 7) is 5.20. The third-order valence-electron chi connectivity index (χ3n) is 3.85. The van der Waals surface area contributed by atoms with Crippen LogP contribution < -0.4 is 9.64 Å². The van der Waals surface area contributed by atoms with E-state index in [2.05, 4.69) is 9.88 Å². The zero-order valence-corrected chi connectivity index (χ0v) is 15.0. The molecule has 126 valence electrons. The van der Waals surface area contributed by atoms with Crippen LogP contribution in [0, 0.1) is 0 Å². The van der Waals surface area contributed by atoms with Gasteiger partial charge in [-0.25, -0.2) is 17.7 Å². The van der Waals surface area contributed by atoms with E-state index in [9.17, 15) is 8.42 Å². The maximum absolute atomic E-state index is 11.7. The summed E-state index contributed by atoms with van der Waals surface area (Å²) < 4.78 is 31.6. The van der Waals surface area contributed by atoms with Crippen LogP contribution in [0.4, 0.5) is 5.13 Å². The SMILES string of the molecule is CCOc1ccc2nc(N3CCCN(S(C)(=O)=O)CC3)sc2c1. The highest BCUT2D eigenvalue weighted by Gasteiger charge is 2.22. The molecule has 0 spiro atoms. The van der Waals surface area contributed by atoms with Gasteiger partial charge in [-0.3, -0.25) is 0 Å². The van der Waals surface area contributed by atoms with Crippen molar-refractivity contribution in [2.75, 3.05) is 43.9 Å². The van der Waals surface area contributed by atoms with Crippen molar-refractivity contribution < 1.29 is 13.2 Å². The van der Waals surface area contributed by atoms with Crippen LogP contribution in [0.3, 0.4) is 0 Å². The Morgan fingerprint density at radius 1 is 1.26 bits per heavy atom. The standard InChI is InChI=1S/C15H21N3O3S2/c1-3-21-12-5-6-13-14(11-12)22-15(16-13)17-7-4-8-18(10-9-17)23(2,19)20/h5-6,11H,3-4,7-10H2,1-2H3. The summed E-state index contributed by atoms with van der Waals surface area (Å²) >= 11 is 1.63. The van der Waals surface area contributed by atoms with E-state index in [1.54, 1.807) is 15.6 Å². The molecule has 2 aromatic rings. The average Bonchev–Trinajstić information content (AvgIpc) is 2.74. The normalized spacial score (nSPS) is 17.4. The van der Waals surface area contributed by atoms with E-state index < -0.39 is 10.0 Å². The molecule has 0 atom stereocenters. The maximum atomic E-state index is 11.7. The number of nitrogens with zero attached hydrogens (tertiary/aromatic N) is 3. The van der Waals surface area contributed by atoms with Crippen LogP contribution in [-0.2, 0) is 10.0 Å². The topological polar surface area (TPSA) is 62.7 Å². The van der Waals surface area contributed by atoms with Gasteiger partial charge in [-0.1, -0.05) is 11.3 Å².